The van der Waals surface area contributed by atoms with E-state index in [4.69, 9.17) is 0 Å². The van der Waals surface area contributed by atoms with Gasteiger partial charge in [-0.05, 0) is 32.6 Å². The molecule has 2 rings (SSSR count). The first-order valence-electron chi connectivity index (χ1n) is 7.36. The summed E-state index contributed by atoms with van der Waals surface area (Å²) in [6, 6.07) is 0.0530. The Morgan fingerprint density at radius 1 is 1.55 bits per heavy atom. The van der Waals surface area contributed by atoms with Crippen LogP contribution in [0.15, 0.2) is 18.6 Å². The van der Waals surface area contributed by atoms with E-state index in [-0.39, 0.29) is 17.9 Å². The molecule has 0 bridgehead atoms. The van der Waals surface area contributed by atoms with Crippen LogP contribution in [0, 0.1) is 5.92 Å². The molecule has 22 heavy (non-hydrogen) atoms. The molecule has 6 nitrogen and oxygen atoms in total. The molecule has 1 aliphatic rings. The monoisotopic (exact) mass is 308 g/mol. The van der Waals surface area contributed by atoms with Crippen molar-refractivity contribution >= 4 is 11.8 Å². The van der Waals surface area contributed by atoms with Crippen molar-refractivity contribution in [2.24, 2.45) is 5.92 Å². The molecule has 2 heterocycles. The van der Waals surface area contributed by atoms with Crippen LogP contribution in [0.4, 0.5) is 4.39 Å². The highest BCUT2D eigenvalue weighted by Gasteiger charge is 2.25. The standard InChI is InChI=1S/C15H21FN4O2/c1-9(2)19-15(22)12-8-18-20-5-4-11(6-13(12)20)7-17-14(21)10(3)16/h8-9,11H,3-7H2,1-2H3,(H,17,21)(H,19,22). The number of halogens is 1. The van der Waals surface area contributed by atoms with Crippen LogP contribution < -0.4 is 10.6 Å². The zero-order valence-electron chi connectivity index (χ0n) is 12.9. The first-order chi connectivity index (χ1) is 10.4. The summed E-state index contributed by atoms with van der Waals surface area (Å²) in [6.45, 7) is 7.80. The van der Waals surface area contributed by atoms with Crippen molar-refractivity contribution in [1.29, 1.82) is 0 Å². The fourth-order valence-corrected chi connectivity index (χ4v) is 2.54. The van der Waals surface area contributed by atoms with Crippen molar-refractivity contribution in [3.05, 3.63) is 29.9 Å². The van der Waals surface area contributed by atoms with Crippen molar-refractivity contribution in [1.82, 2.24) is 20.4 Å². The van der Waals surface area contributed by atoms with Crippen LogP contribution in [0.25, 0.3) is 0 Å². The molecule has 2 amide bonds. The van der Waals surface area contributed by atoms with Gasteiger partial charge in [-0.2, -0.15) is 5.10 Å². The van der Waals surface area contributed by atoms with E-state index in [1.54, 1.807) is 6.20 Å². The Hall–Kier alpha value is -2.18. The van der Waals surface area contributed by atoms with Crippen molar-refractivity contribution in [2.45, 2.75) is 39.3 Å². The number of hydrogen-bond donors (Lipinski definition) is 2. The van der Waals surface area contributed by atoms with E-state index in [0.717, 1.165) is 12.1 Å². The molecule has 120 valence electrons. The molecule has 1 aromatic heterocycles. The van der Waals surface area contributed by atoms with Crippen molar-refractivity contribution in [3.63, 3.8) is 0 Å². The summed E-state index contributed by atoms with van der Waals surface area (Å²) in [5.74, 6) is -1.76. The van der Waals surface area contributed by atoms with Crippen molar-refractivity contribution in [3.8, 4) is 0 Å². The van der Waals surface area contributed by atoms with Crippen LogP contribution in [0.3, 0.4) is 0 Å². The predicted octanol–water partition coefficient (Wildman–Crippen LogP) is 1.18. The van der Waals surface area contributed by atoms with Gasteiger partial charge in [-0.15, -0.1) is 0 Å². The molecular formula is C15H21FN4O2. The summed E-state index contributed by atoms with van der Waals surface area (Å²) in [7, 11) is 0. The van der Waals surface area contributed by atoms with Gasteiger partial charge in [-0.1, -0.05) is 6.58 Å². The fraction of sp³-hybridized carbons (Fsp3) is 0.533. The van der Waals surface area contributed by atoms with Gasteiger partial charge < -0.3 is 10.6 Å². The average molecular weight is 308 g/mol. The summed E-state index contributed by atoms with van der Waals surface area (Å²) in [5.41, 5.74) is 1.43. The number of hydrogen-bond acceptors (Lipinski definition) is 3. The second-order valence-corrected chi connectivity index (χ2v) is 5.83. The molecule has 2 N–H and O–H groups in total. The Kier molecular flexibility index (Phi) is 4.95. The summed E-state index contributed by atoms with van der Waals surface area (Å²) >= 11 is 0. The van der Waals surface area contributed by atoms with Gasteiger partial charge in [0.2, 0.25) is 0 Å². The second kappa shape index (κ2) is 6.72. The molecule has 0 spiro atoms. The molecule has 1 aliphatic heterocycles. The maximum Gasteiger partial charge on any atom is 0.279 e. The normalized spacial score (nSPS) is 17.0. The molecule has 0 saturated carbocycles. The maximum atomic E-state index is 12.7. The minimum absolute atomic E-state index is 0.0530. The fourth-order valence-electron chi connectivity index (χ4n) is 2.54. The van der Waals surface area contributed by atoms with E-state index in [2.05, 4.69) is 22.3 Å². The van der Waals surface area contributed by atoms with Gasteiger partial charge >= 0.3 is 0 Å². The number of carbonyl (C=O) groups excluding carboxylic acids is 2. The lowest BCUT2D eigenvalue weighted by molar-refractivity contribution is -0.119. The summed E-state index contributed by atoms with van der Waals surface area (Å²) in [6.07, 6.45) is 3.02. The number of fused-ring (bicyclic) bond motifs is 1. The van der Waals surface area contributed by atoms with Crippen molar-refractivity contribution < 1.29 is 14.0 Å². The first kappa shape index (κ1) is 16.2. The number of amides is 2. The Morgan fingerprint density at radius 3 is 2.91 bits per heavy atom. The molecule has 1 atom stereocenters. The van der Waals surface area contributed by atoms with Crippen LogP contribution in [-0.4, -0.2) is 34.2 Å². The molecular weight excluding hydrogens is 287 g/mol. The topological polar surface area (TPSA) is 76.0 Å². The summed E-state index contributed by atoms with van der Waals surface area (Å²) in [5, 5.41) is 9.60. The van der Waals surface area contributed by atoms with E-state index in [1.165, 1.54) is 0 Å². The van der Waals surface area contributed by atoms with Gasteiger partial charge in [0, 0.05) is 19.1 Å². The van der Waals surface area contributed by atoms with E-state index in [1.807, 2.05) is 18.5 Å². The highest BCUT2D eigenvalue weighted by molar-refractivity contribution is 5.95. The third kappa shape index (κ3) is 3.72. The largest absolute Gasteiger partial charge is 0.350 e. The lowest BCUT2D eigenvalue weighted by Gasteiger charge is -2.24. The Balaban J connectivity index is 2.03. The van der Waals surface area contributed by atoms with Gasteiger partial charge in [-0.25, -0.2) is 4.39 Å². The van der Waals surface area contributed by atoms with E-state index < -0.39 is 11.7 Å². The SMILES string of the molecule is C=C(F)C(=O)NCC1CCn2ncc(C(=O)NC(C)C)c2C1. The number of aromatic nitrogens is 2. The highest BCUT2D eigenvalue weighted by Crippen LogP contribution is 2.22. The van der Waals surface area contributed by atoms with Gasteiger partial charge in [0.25, 0.3) is 11.8 Å². The molecule has 0 fully saturated rings. The minimum atomic E-state index is -0.988. The molecule has 0 saturated heterocycles. The van der Waals surface area contributed by atoms with E-state index in [0.29, 0.717) is 25.1 Å². The van der Waals surface area contributed by atoms with Crippen LogP contribution in [0.2, 0.25) is 0 Å². The number of nitrogens with one attached hydrogen (secondary N) is 2. The first-order valence-corrected chi connectivity index (χ1v) is 7.36. The molecule has 0 aromatic carbocycles. The number of nitrogens with zero attached hydrogens (tertiary/aromatic N) is 2. The van der Waals surface area contributed by atoms with Gasteiger partial charge in [0.15, 0.2) is 5.83 Å². The Morgan fingerprint density at radius 2 is 2.27 bits per heavy atom. The third-order valence-corrected chi connectivity index (χ3v) is 3.64. The van der Waals surface area contributed by atoms with Crippen LogP contribution >= 0.6 is 0 Å². The Labute approximate surface area is 128 Å². The third-order valence-electron chi connectivity index (χ3n) is 3.64. The van der Waals surface area contributed by atoms with Gasteiger partial charge in [0.05, 0.1) is 17.5 Å². The molecule has 1 aromatic rings. The van der Waals surface area contributed by atoms with Crippen molar-refractivity contribution in [2.75, 3.05) is 6.54 Å². The lowest BCUT2D eigenvalue weighted by atomic mass is 9.94. The molecule has 0 aliphatic carbocycles. The number of rotatable bonds is 5. The maximum absolute atomic E-state index is 12.7. The minimum Gasteiger partial charge on any atom is -0.350 e. The van der Waals surface area contributed by atoms with Gasteiger partial charge in [0.1, 0.15) is 0 Å². The summed E-state index contributed by atoms with van der Waals surface area (Å²) < 4.78 is 14.5. The lowest BCUT2D eigenvalue weighted by Crippen LogP contribution is -2.35. The molecule has 1 unspecified atom stereocenters. The predicted molar refractivity (Wildman–Crippen MR) is 79.9 cm³/mol. The van der Waals surface area contributed by atoms with Crippen LogP contribution in [0.5, 0.6) is 0 Å². The Bertz CT molecular complexity index is 594. The van der Waals surface area contributed by atoms with Crippen LogP contribution in [-0.2, 0) is 17.8 Å². The second-order valence-electron chi connectivity index (χ2n) is 5.83. The quantitative estimate of drug-likeness (QED) is 0.802. The molecule has 0 radical (unpaired) electrons. The smallest absolute Gasteiger partial charge is 0.279 e. The van der Waals surface area contributed by atoms with E-state index >= 15 is 0 Å². The average Bonchev–Trinajstić information content (AvgIpc) is 2.86. The number of carbonyl (C=O) groups is 2. The van der Waals surface area contributed by atoms with Gasteiger partial charge in [-0.3, -0.25) is 14.3 Å². The number of aryl methyl sites for hydroxylation is 1. The van der Waals surface area contributed by atoms with E-state index in [9.17, 15) is 14.0 Å². The zero-order valence-corrected chi connectivity index (χ0v) is 12.9. The zero-order chi connectivity index (χ0) is 16.3. The summed E-state index contributed by atoms with van der Waals surface area (Å²) in [4.78, 5) is 23.4. The molecule has 7 heteroatoms. The van der Waals surface area contributed by atoms with Crippen LogP contribution in [0.1, 0.15) is 36.3 Å². The highest BCUT2D eigenvalue weighted by atomic mass is 19.1.